The van der Waals surface area contributed by atoms with Crippen molar-refractivity contribution in [1.82, 2.24) is 0 Å². The Morgan fingerprint density at radius 2 is 2.33 bits per heavy atom. The summed E-state index contributed by atoms with van der Waals surface area (Å²) in [5.41, 5.74) is 0. The molecule has 84 valence electrons. The van der Waals surface area contributed by atoms with Crippen molar-refractivity contribution in [1.29, 1.82) is 0 Å². The van der Waals surface area contributed by atoms with Gasteiger partial charge >= 0.3 is 0 Å². The minimum absolute atomic E-state index is 0.187. The fourth-order valence-electron chi connectivity index (χ4n) is 1.53. The van der Waals surface area contributed by atoms with Crippen LogP contribution in [0.25, 0.3) is 0 Å². The smallest absolute Gasteiger partial charge is 0.0714 e. The lowest BCUT2D eigenvalue weighted by Gasteiger charge is -2.25. The van der Waals surface area contributed by atoms with Gasteiger partial charge in [0.2, 0.25) is 0 Å². The average molecular weight is 325 g/mol. The summed E-state index contributed by atoms with van der Waals surface area (Å²) in [6, 6.07) is 4.15. The van der Waals surface area contributed by atoms with Crippen LogP contribution in [0.2, 0.25) is 0 Å². The van der Waals surface area contributed by atoms with E-state index in [9.17, 15) is 5.11 Å². The van der Waals surface area contributed by atoms with Crippen LogP contribution in [0.1, 0.15) is 4.88 Å². The van der Waals surface area contributed by atoms with E-state index in [1.165, 1.54) is 16.4 Å². The summed E-state index contributed by atoms with van der Waals surface area (Å²) >= 11 is 9.05. The Morgan fingerprint density at radius 1 is 1.47 bits per heavy atom. The van der Waals surface area contributed by atoms with E-state index in [2.05, 4.69) is 28.1 Å². The van der Waals surface area contributed by atoms with Gasteiger partial charge in [0.1, 0.15) is 0 Å². The standard InChI is InChI=1S/C10H13BrOS3/c11-10-2-1-7(15-10)5-8(12)9-6-13-3-4-14-9/h1-2,8-9,12H,3-6H2. The Balaban J connectivity index is 1.88. The zero-order valence-corrected chi connectivity index (χ0v) is 12.2. The number of halogens is 1. The van der Waals surface area contributed by atoms with Crippen molar-refractivity contribution in [3.8, 4) is 0 Å². The van der Waals surface area contributed by atoms with Crippen LogP contribution in [0, 0.1) is 0 Å². The molecular formula is C10H13BrOS3. The van der Waals surface area contributed by atoms with Crippen molar-refractivity contribution < 1.29 is 5.11 Å². The van der Waals surface area contributed by atoms with Gasteiger partial charge in [-0.3, -0.25) is 0 Å². The summed E-state index contributed by atoms with van der Waals surface area (Å²) < 4.78 is 1.15. The topological polar surface area (TPSA) is 20.2 Å². The summed E-state index contributed by atoms with van der Waals surface area (Å²) in [6.45, 7) is 0. The van der Waals surface area contributed by atoms with Crippen LogP contribution in [0.4, 0.5) is 0 Å². The molecule has 1 aliphatic rings. The number of thiophene rings is 1. The Hall–Kier alpha value is 0.840. The molecular weight excluding hydrogens is 312 g/mol. The molecule has 0 bridgehead atoms. The molecule has 1 aromatic heterocycles. The molecule has 1 N–H and O–H groups in total. The SMILES string of the molecule is OC(Cc1ccc(Br)s1)C1CSCCS1. The minimum Gasteiger partial charge on any atom is -0.392 e. The monoisotopic (exact) mass is 324 g/mol. The van der Waals surface area contributed by atoms with Gasteiger partial charge < -0.3 is 5.11 Å². The molecule has 1 nitrogen and oxygen atoms in total. The molecule has 5 heteroatoms. The number of hydrogen-bond donors (Lipinski definition) is 1. The van der Waals surface area contributed by atoms with E-state index in [-0.39, 0.29) is 6.10 Å². The van der Waals surface area contributed by atoms with Crippen LogP contribution in [-0.4, -0.2) is 33.7 Å². The van der Waals surface area contributed by atoms with E-state index in [0.29, 0.717) is 5.25 Å². The summed E-state index contributed by atoms with van der Waals surface area (Å²) in [7, 11) is 0. The van der Waals surface area contributed by atoms with Crippen LogP contribution in [-0.2, 0) is 6.42 Å². The van der Waals surface area contributed by atoms with E-state index in [1.807, 2.05) is 23.5 Å². The molecule has 2 heterocycles. The molecule has 0 spiro atoms. The first-order valence-corrected chi connectivity index (χ1v) is 8.68. The molecule has 2 unspecified atom stereocenters. The molecule has 1 aromatic rings. The summed E-state index contributed by atoms with van der Waals surface area (Å²) in [6.07, 6.45) is 0.613. The number of aliphatic hydroxyl groups is 1. The lowest BCUT2D eigenvalue weighted by molar-refractivity contribution is 0.178. The van der Waals surface area contributed by atoms with E-state index >= 15 is 0 Å². The highest BCUT2D eigenvalue weighted by Gasteiger charge is 2.23. The van der Waals surface area contributed by atoms with Gasteiger partial charge in [0.25, 0.3) is 0 Å². The maximum absolute atomic E-state index is 10.1. The average Bonchev–Trinajstić information content (AvgIpc) is 2.65. The molecule has 2 rings (SSSR count). The number of thioether (sulfide) groups is 2. The maximum Gasteiger partial charge on any atom is 0.0714 e. The summed E-state index contributed by atoms with van der Waals surface area (Å²) in [5, 5.41) is 10.5. The highest BCUT2D eigenvalue weighted by atomic mass is 79.9. The molecule has 0 aromatic carbocycles. The van der Waals surface area contributed by atoms with Gasteiger partial charge in [-0.15, -0.1) is 11.3 Å². The van der Waals surface area contributed by atoms with E-state index < -0.39 is 0 Å². The third kappa shape index (κ3) is 3.66. The van der Waals surface area contributed by atoms with Crippen molar-refractivity contribution in [3.05, 3.63) is 20.8 Å². The lowest BCUT2D eigenvalue weighted by atomic mass is 10.2. The Labute approximate surface area is 111 Å². The first kappa shape index (κ1) is 12.3. The molecule has 0 saturated carbocycles. The van der Waals surface area contributed by atoms with Crippen molar-refractivity contribution in [2.75, 3.05) is 17.3 Å². The van der Waals surface area contributed by atoms with Gasteiger partial charge in [-0.1, -0.05) is 0 Å². The van der Waals surface area contributed by atoms with Crippen molar-refractivity contribution >= 4 is 50.8 Å². The third-order valence-electron chi connectivity index (χ3n) is 2.31. The fourth-order valence-corrected chi connectivity index (χ4v) is 5.83. The Bertz CT molecular complexity index is 309. The van der Waals surface area contributed by atoms with Gasteiger partial charge in [-0.25, -0.2) is 0 Å². The second-order valence-corrected chi connectivity index (χ2v) is 8.51. The van der Waals surface area contributed by atoms with Gasteiger partial charge in [-0.2, -0.15) is 23.5 Å². The molecule has 15 heavy (non-hydrogen) atoms. The molecule has 1 saturated heterocycles. The lowest BCUT2D eigenvalue weighted by Crippen LogP contribution is -2.30. The van der Waals surface area contributed by atoms with Crippen molar-refractivity contribution in [2.45, 2.75) is 17.8 Å². The molecule has 1 fully saturated rings. The van der Waals surface area contributed by atoms with Crippen LogP contribution < -0.4 is 0 Å². The Kier molecular flexibility index (Phi) is 4.89. The first-order valence-electron chi connectivity index (χ1n) is 4.87. The highest BCUT2D eigenvalue weighted by Crippen LogP contribution is 2.29. The van der Waals surface area contributed by atoms with Crippen LogP contribution in [0.3, 0.4) is 0 Å². The Morgan fingerprint density at radius 3 is 2.93 bits per heavy atom. The normalized spacial score (nSPS) is 24.0. The molecule has 0 radical (unpaired) electrons. The second kappa shape index (κ2) is 5.96. The summed E-state index contributed by atoms with van der Waals surface area (Å²) in [4.78, 5) is 1.27. The van der Waals surface area contributed by atoms with Crippen molar-refractivity contribution in [2.24, 2.45) is 0 Å². The quantitative estimate of drug-likeness (QED) is 0.921. The van der Waals surface area contributed by atoms with Gasteiger partial charge in [-0.05, 0) is 28.1 Å². The van der Waals surface area contributed by atoms with Gasteiger partial charge in [0.05, 0.1) is 9.89 Å². The van der Waals surface area contributed by atoms with Gasteiger partial charge in [0, 0.05) is 33.8 Å². The predicted octanol–water partition coefficient (Wildman–Crippen LogP) is 3.26. The zero-order chi connectivity index (χ0) is 10.7. The second-order valence-electron chi connectivity index (χ2n) is 3.46. The van der Waals surface area contributed by atoms with Crippen LogP contribution in [0.15, 0.2) is 15.9 Å². The number of rotatable bonds is 3. The minimum atomic E-state index is -0.187. The third-order valence-corrected chi connectivity index (χ3v) is 6.86. The molecule has 0 aliphatic carbocycles. The molecule has 0 amide bonds. The predicted molar refractivity (Wildman–Crippen MR) is 75.3 cm³/mol. The van der Waals surface area contributed by atoms with E-state index in [1.54, 1.807) is 11.3 Å². The van der Waals surface area contributed by atoms with E-state index in [4.69, 9.17) is 0 Å². The molecule has 2 atom stereocenters. The maximum atomic E-state index is 10.1. The van der Waals surface area contributed by atoms with Gasteiger partial charge in [0.15, 0.2) is 0 Å². The van der Waals surface area contributed by atoms with E-state index in [0.717, 1.165) is 16.0 Å². The zero-order valence-electron chi connectivity index (χ0n) is 8.19. The van der Waals surface area contributed by atoms with Crippen molar-refractivity contribution in [3.63, 3.8) is 0 Å². The van der Waals surface area contributed by atoms with Crippen LogP contribution in [0.5, 0.6) is 0 Å². The number of aliphatic hydroxyl groups excluding tert-OH is 1. The number of hydrogen-bond acceptors (Lipinski definition) is 4. The largest absolute Gasteiger partial charge is 0.392 e. The molecule has 1 aliphatic heterocycles. The highest BCUT2D eigenvalue weighted by molar-refractivity contribution is 9.11. The first-order chi connectivity index (χ1) is 7.25. The fraction of sp³-hybridized carbons (Fsp3) is 0.600. The summed E-state index contributed by atoms with van der Waals surface area (Å²) in [5.74, 6) is 3.51. The van der Waals surface area contributed by atoms with Crippen LogP contribution >= 0.6 is 50.8 Å².